The highest BCUT2D eigenvalue weighted by atomic mass is 16.4. The number of nitrogens with one attached hydrogen (secondary N) is 1. The fourth-order valence-electron chi connectivity index (χ4n) is 1.50. The average Bonchev–Trinajstić information content (AvgIpc) is 2.36. The maximum Gasteiger partial charge on any atom is 0.326 e. The second kappa shape index (κ2) is 7.13. The molecule has 1 amide bonds. The molecule has 0 saturated carbocycles. The normalized spacial score (nSPS) is 11.3. The third-order valence-electron chi connectivity index (χ3n) is 2.41. The molecule has 0 unspecified atom stereocenters. The fourth-order valence-corrected chi connectivity index (χ4v) is 1.50. The first-order valence-electron chi connectivity index (χ1n) is 5.63. The first-order valence-corrected chi connectivity index (χ1v) is 5.63. The van der Waals surface area contributed by atoms with Gasteiger partial charge in [0.15, 0.2) is 0 Å². The van der Waals surface area contributed by atoms with Crippen LogP contribution in [0.15, 0.2) is 30.3 Å². The highest BCUT2D eigenvalue weighted by molar-refractivity contribution is 5.83. The molecule has 1 atom stereocenters. The number of rotatable bonds is 6. The van der Waals surface area contributed by atoms with Gasteiger partial charge in [-0.2, -0.15) is 0 Å². The smallest absolute Gasteiger partial charge is 0.326 e. The Morgan fingerprint density at radius 1 is 1.33 bits per heavy atom. The minimum Gasteiger partial charge on any atom is -0.480 e. The Balaban J connectivity index is 2.59. The summed E-state index contributed by atoms with van der Waals surface area (Å²) in [5.74, 6) is 0.958. The van der Waals surface area contributed by atoms with E-state index in [1.54, 1.807) is 0 Å². The van der Waals surface area contributed by atoms with Crippen LogP contribution >= 0.6 is 0 Å². The predicted octanol–water partition coefficient (Wildman–Crippen LogP) is 1.21. The Bertz CT molecular complexity index is 448. The van der Waals surface area contributed by atoms with Gasteiger partial charge in [-0.05, 0) is 5.56 Å². The molecule has 0 heterocycles. The van der Waals surface area contributed by atoms with E-state index in [0.29, 0.717) is 6.42 Å². The third-order valence-corrected chi connectivity index (χ3v) is 2.41. The number of terminal acetylenes is 1. The summed E-state index contributed by atoms with van der Waals surface area (Å²) in [6.45, 7) is 0. The molecule has 0 aliphatic rings. The highest BCUT2D eigenvalue weighted by Crippen LogP contribution is 2.04. The molecule has 0 radical (unpaired) electrons. The quantitative estimate of drug-likeness (QED) is 0.740. The molecule has 0 aromatic heterocycles. The Kier molecular flexibility index (Phi) is 5.46. The first-order chi connectivity index (χ1) is 8.63. The maximum absolute atomic E-state index is 11.4. The molecule has 0 spiro atoms. The zero-order valence-electron chi connectivity index (χ0n) is 9.93. The van der Waals surface area contributed by atoms with Gasteiger partial charge in [-0.3, -0.25) is 4.79 Å². The molecule has 18 heavy (non-hydrogen) atoms. The van der Waals surface area contributed by atoms with Crippen LogP contribution < -0.4 is 5.32 Å². The topological polar surface area (TPSA) is 66.4 Å². The molecule has 2 N–H and O–H groups in total. The number of hydrogen-bond acceptors (Lipinski definition) is 2. The van der Waals surface area contributed by atoms with E-state index in [9.17, 15) is 9.59 Å². The molecular weight excluding hydrogens is 230 g/mol. The summed E-state index contributed by atoms with van der Waals surface area (Å²) >= 11 is 0. The second-order valence-electron chi connectivity index (χ2n) is 3.85. The summed E-state index contributed by atoms with van der Waals surface area (Å²) in [6, 6.07) is 8.23. The van der Waals surface area contributed by atoms with Crippen LogP contribution in [0.2, 0.25) is 0 Å². The van der Waals surface area contributed by atoms with Crippen LogP contribution in [-0.4, -0.2) is 23.0 Å². The number of aliphatic carboxylic acids is 1. The zero-order chi connectivity index (χ0) is 13.4. The van der Waals surface area contributed by atoms with Gasteiger partial charge in [0.2, 0.25) is 5.91 Å². The van der Waals surface area contributed by atoms with Crippen LogP contribution in [0, 0.1) is 12.3 Å². The number of benzene rings is 1. The minimum atomic E-state index is -1.05. The van der Waals surface area contributed by atoms with Crippen LogP contribution in [0.3, 0.4) is 0 Å². The van der Waals surface area contributed by atoms with E-state index in [4.69, 9.17) is 11.5 Å². The fraction of sp³-hybridized carbons (Fsp3) is 0.286. The number of amides is 1. The molecule has 1 rings (SSSR count). The Morgan fingerprint density at radius 2 is 2.00 bits per heavy atom. The molecule has 0 fully saturated rings. The van der Waals surface area contributed by atoms with Crippen molar-refractivity contribution in [3.8, 4) is 12.3 Å². The summed E-state index contributed by atoms with van der Waals surface area (Å²) in [5, 5.41) is 11.5. The number of carboxylic acid groups (broad SMARTS) is 1. The zero-order valence-corrected chi connectivity index (χ0v) is 9.93. The van der Waals surface area contributed by atoms with Gasteiger partial charge in [-0.25, -0.2) is 4.79 Å². The van der Waals surface area contributed by atoms with Gasteiger partial charge >= 0.3 is 5.97 Å². The standard InChI is InChI=1S/C14H15NO3/c1-2-3-9-13(16)15-12(14(17)18)10-11-7-5-4-6-8-11/h1,4-8,12H,3,9-10H2,(H,15,16)(H,17,18)/t12-/m1/s1. The van der Waals surface area contributed by atoms with E-state index in [-0.39, 0.29) is 18.7 Å². The van der Waals surface area contributed by atoms with Crippen molar-refractivity contribution >= 4 is 11.9 Å². The van der Waals surface area contributed by atoms with Crippen LogP contribution in [-0.2, 0) is 16.0 Å². The molecule has 1 aromatic rings. The SMILES string of the molecule is C#CCCC(=O)N[C@H](Cc1ccccc1)C(=O)O. The Hall–Kier alpha value is -2.28. The predicted molar refractivity (Wildman–Crippen MR) is 67.8 cm³/mol. The molecule has 4 nitrogen and oxygen atoms in total. The lowest BCUT2D eigenvalue weighted by Gasteiger charge is -2.14. The molecule has 4 heteroatoms. The van der Waals surface area contributed by atoms with Crippen LogP contribution in [0.5, 0.6) is 0 Å². The molecule has 0 saturated heterocycles. The number of carbonyl (C=O) groups excluding carboxylic acids is 1. The van der Waals surface area contributed by atoms with Crippen molar-refractivity contribution in [3.05, 3.63) is 35.9 Å². The summed E-state index contributed by atoms with van der Waals surface area (Å²) in [4.78, 5) is 22.5. The largest absolute Gasteiger partial charge is 0.480 e. The van der Waals surface area contributed by atoms with E-state index < -0.39 is 12.0 Å². The van der Waals surface area contributed by atoms with Crippen molar-refractivity contribution in [2.45, 2.75) is 25.3 Å². The van der Waals surface area contributed by atoms with Crippen molar-refractivity contribution in [1.82, 2.24) is 5.32 Å². The van der Waals surface area contributed by atoms with Crippen molar-refractivity contribution in [3.63, 3.8) is 0 Å². The third kappa shape index (κ3) is 4.71. The summed E-state index contributed by atoms with van der Waals surface area (Å²) in [7, 11) is 0. The molecule has 0 bridgehead atoms. The minimum absolute atomic E-state index is 0.148. The van der Waals surface area contributed by atoms with Gasteiger partial charge in [-0.15, -0.1) is 12.3 Å². The number of carboxylic acids is 1. The number of carbonyl (C=O) groups is 2. The van der Waals surface area contributed by atoms with Crippen LogP contribution in [0.1, 0.15) is 18.4 Å². The van der Waals surface area contributed by atoms with Crippen molar-refractivity contribution in [1.29, 1.82) is 0 Å². The Morgan fingerprint density at radius 3 is 2.56 bits per heavy atom. The molecule has 0 aliphatic heterocycles. The average molecular weight is 245 g/mol. The van der Waals surface area contributed by atoms with E-state index in [1.165, 1.54) is 0 Å². The molecular formula is C14H15NO3. The van der Waals surface area contributed by atoms with Crippen molar-refractivity contribution < 1.29 is 14.7 Å². The van der Waals surface area contributed by atoms with E-state index >= 15 is 0 Å². The van der Waals surface area contributed by atoms with Crippen LogP contribution in [0.4, 0.5) is 0 Å². The molecule has 1 aromatic carbocycles. The summed E-state index contributed by atoms with van der Waals surface area (Å²) in [6.07, 6.45) is 5.76. The monoisotopic (exact) mass is 245 g/mol. The van der Waals surface area contributed by atoms with E-state index in [0.717, 1.165) is 5.56 Å². The van der Waals surface area contributed by atoms with E-state index in [1.807, 2.05) is 30.3 Å². The van der Waals surface area contributed by atoms with E-state index in [2.05, 4.69) is 11.2 Å². The Labute approximate surface area is 106 Å². The molecule has 0 aliphatic carbocycles. The van der Waals surface area contributed by atoms with Crippen molar-refractivity contribution in [2.24, 2.45) is 0 Å². The van der Waals surface area contributed by atoms with Gasteiger partial charge in [0, 0.05) is 19.3 Å². The maximum atomic E-state index is 11.4. The van der Waals surface area contributed by atoms with Gasteiger partial charge in [0.1, 0.15) is 6.04 Å². The van der Waals surface area contributed by atoms with Gasteiger partial charge < -0.3 is 10.4 Å². The lowest BCUT2D eigenvalue weighted by molar-refractivity contribution is -0.141. The first kappa shape index (κ1) is 13.8. The van der Waals surface area contributed by atoms with Gasteiger partial charge in [-0.1, -0.05) is 30.3 Å². The number of hydrogen-bond donors (Lipinski definition) is 2. The highest BCUT2D eigenvalue weighted by Gasteiger charge is 2.19. The lowest BCUT2D eigenvalue weighted by Crippen LogP contribution is -2.42. The summed E-state index contributed by atoms with van der Waals surface area (Å²) < 4.78 is 0. The molecule has 94 valence electrons. The van der Waals surface area contributed by atoms with Crippen molar-refractivity contribution in [2.75, 3.05) is 0 Å². The summed E-state index contributed by atoms with van der Waals surface area (Å²) in [5.41, 5.74) is 0.863. The van der Waals surface area contributed by atoms with Gasteiger partial charge in [0.05, 0.1) is 0 Å². The van der Waals surface area contributed by atoms with Gasteiger partial charge in [0.25, 0.3) is 0 Å². The second-order valence-corrected chi connectivity index (χ2v) is 3.85. The lowest BCUT2D eigenvalue weighted by atomic mass is 10.1. The van der Waals surface area contributed by atoms with Crippen LogP contribution in [0.25, 0.3) is 0 Å².